The van der Waals surface area contributed by atoms with Crippen molar-refractivity contribution in [3.8, 4) is 17.1 Å². The highest BCUT2D eigenvalue weighted by atomic mass is 19.4. The number of fused-ring (bicyclic) bond motifs is 2. The van der Waals surface area contributed by atoms with Crippen molar-refractivity contribution in [2.45, 2.75) is 57.7 Å². The van der Waals surface area contributed by atoms with Gasteiger partial charge in [0.15, 0.2) is 0 Å². The Labute approximate surface area is 307 Å². The molecule has 54 heavy (non-hydrogen) atoms. The van der Waals surface area contributed by atoms with Crippen molar-refractivity contribution in [1.29, 1.82) is 0 Å². The highest BCUT2D eigenvalue weighted by Crippen LogP contribution is 2.45. The highest BCUT2D eigenvalue weighted by Gasteiger charge is 2.46. The molecule has 10 nitrogen and oxygen atoms in total. The highest BCUT2D eigenvalue weighted by molar-refractivity contribution is 6.05. The minimum absolute atomic E-state index is 0.0222. The Morgan fingerprint density at radius 3 is 2.37 bits per heavy atom. The first-order valence-electron chi connectivity index (χ1n) is 17.9. The van der Waals surface area contributed by atoms with Crippen LogP contribution in [0.15, 0.2) is 43.6 Å². The number of nitrogens with zero attached hydrogens (tertiary/aromatic N) is 6. The molecule has 3 aliphatic heterocycles. The SMILES string of the molecule is C=CC(=O)N1CC2(CCN(c3nc(OC4CCN(CC(F)(F)F)CC4)nc4c(COCC(F)(F)F)c(-c5c(C)ccc6[nH]ncc56)c(C=C)cc34)CC2)C1. The number of aromatic nitrogens is 4. The number of carbonyl (C=O) groups is 1. The smallest absolute Gasteiger partial charge is 0.411 e. The number of anilines is 1. The van der Waals surface area contributed by atoms with E-state index in [0.29, 0.717) is 72.4 Å². The Kier molecular flexibility index (Phi) is 10.1. The maximum absolute atomic E-state index is 13.5. The number of piperidine rings is 2. The van der Waals surface area contributed by atoms with Crippen LogP contribution in [-0.2, 0) is 16.1 Å². The van der Waals surface area contributed by atoms with E-state index >= 15 is 0 Å². The lowest BCUT2D eigenvalue weighted by atomic mass is 9.72. The fourth-order valence-corrected chi connectivity index (χ4v) is 8.08. The molecule has 3 fully saturated rings. The minimum Gasteiger partial charge on any atom is -0.460 e. The van der Waals surface area contributed by atoms with Gasteiger partial charge < -0.3 is 19.3 Å². The summed E-state index contributed by atoms with van der Waals surface area (Å²) in [5.74, 6) is 0.410. The maximum atomic E-state index is 13.5. The molecule has 0 aliphatic carbocycles. The van der Waals surface area contributed by atoms with Gasteiger partial charge in [0.05, 0.1) is 30.4 Å². The number of likely N-dealkylation sites (tertiary alicyclic amines) is 2. The van der Waals surface area contributed by atoms with Gasteiger partial charge >= 0.3 is 18.4 Å². The van der Waals surface area contributed by atoms with Crippen LogP contribution in [0.3, 0.4) is 0 Å². The second-order valence-electron chi connectivity index (χ2n) is 14.5. The lowest BCUT2D eigenvalue weighted by Gasteiger charge is -2.54. The third-order valence-electron chi connectivity index (χ3n) is 10.8. The van der Waals surface area contributed by atoms with Gasteiger partial charge in [-0.2, -0.15) is 41.4 Å². The zero-order chi connectivity index (χ0) is 38.4. The molecule has 0 unspecified atom stereocenters. The number of H-pyrrole nitrogens is 1. The van der Waals surface area contributed by atoms with Gasteiger partial charge in [-0.05, 0) is 73.1 Å². The first-order chi connectivity index (χ1) is 25.7. The molecule has 3 saturated heterocycles. The lowest BCUT2D eigenvalue weighted by molar-refractivity contribution is -0.176. The fraction of sp³-hybridized carbons (Fsp3) is 0.474. The van der Waals surface area contributed by atoms with Gasteiger partial charge in [-0.15, -0.1) is 0 Å². The number of benzene rings is 2. The Bertz CT molecular complexity index is 2060. The van der Waals surface area contributed by atoms with Crippen LogP contribution in [0.4, 0.5) is 32.2 Å². The predicted octanol–water partition coefficient (Wildman–Crippen LogP) is 7.22. The number of hydrogen-bond donors (Lipinski definition) is 1. The van der Waals surface area contributed by atoms with Crippen LogP contribution in [0.5, 0.6) is 6.01 Å². The molecule has 4 aromatic rings. The molecule has 0 atom stereocenters. The van der Waals surface area contributed by atoms with Gasteiger partial charge in [0.2, 0.25) is 5.91 Å². The molecular weight excluding hydrogens is 716 g/mol. The summed E-state index contributed by atoms with van der Waals surface area (Å²) in [6.07, 6.45) is -2.61. The zero-order valence-electron chi connectivity index (χ0n) is 29.8. The number of nitrogens with one attached hydrogen (secondary N) is 1. The van der Waals surface area contributed by atoms with Crippen LogP contribution in [0.1, 0.15) is 42.4 Å². The number of aromatic amines is 1. The van der Waals surface area contributed by atoms with Crippen LogP contribution >= 0.6 is 0 Å². The lowest BCUT2D eigenvalue weighted by Crippen LogP contribution is -2.61. The molecule has 1 spiro atoms. The average molecular weight is 758 g/mol. The second kappa shape index (κ2) is 14.5. The van der Waals surface area contributed by atoms with Crippen molar-refractivity contribution in [2.24, 2.45) is 5.41 Å². The van der Waals surface area contributed by atoms with Gasteiger partial charge in [0.1, 0.15) is 18.5 Å². The molecule has 2 aromatic heterocycles. The standard InChI is InChI=1S/C38H41F6N7O3/c1-4-24-16-26-33(28(18-53-22-38(42,43)44)32(24)31-23(3)6-7-29-27(31)17-45-48-29)46-35(54-25-8-12-49(13-9-25)21-37(39,40)41)47-34(26)50-14-10-36(11-15-50)19-51(20-36)30(52)5-2/h4-7,16-17,25H,1-2,8-15,18-22H2,3H3,(H,45,48). The summed E-state index contributed by atoms with van der Waals surface area (Å²) in [4.78, 5) is 27.1. The van der Waals surface area contributed by atoms with Crippen molar-refractivity contribution < 1.29 is 40.6 Å². The number of ether oxygens (including phenoxy) is 2. The van der Waals surface area contributed by atoms with Crippen LogP contribution in [0, 0.1) is 12.3 Å². The summed E-state index contributed by atoms with van der Waals surface area (Å²) >= 11 is 0. The van der Waals surface area contributed by atoms with E-state index < -0.39 is 38.2 Å². The topological polar surface area (TPSA) is 99.7 Å². The summed E-state index contributed by atoms with van der Waals surface area (Å²) in [5, 5.41) is 8.49. The molecule has 16 heteroatoms. The van der Waals surface area contributed by atoms with Gasteiger partial charge in [0.25, 0.3) is 0 Å². The Hall–Kier alpha value is -4.70. The van der Waals surface area contributed by atoms with E-state index in [1.165, 1.54) is 11.0 Å². The molecule has 0 bridgehead atoms. The quantitative estimate of drug-likeness (QED) is 0.134. The normalized spacial score (nSPS) is 18.4. The molecule has 0 saturated carbocycles. The first-order valence-corrected chi connectivity index (χ1v) is 17.9. The van der Waals surface area contributed by atoms with Crippen LogP contribution < -0.4 is 9.64 Å². The third-order valence-corrected chi connectivity index (χ3v) is 10.8. The first kappa shape index (κ1) is 37.6. The van der Waals surface area contributed by atoms with Crippen molar-refractivity contribution in [3.05, 3.63) is 60.3 Å². The van der Waals surface area contributed by atoms with E-state index in [0.717, 1.165) is 34.9 Å². The molecule has 3 aliphatic rings. The predicted molar refractivity (Wildman–Crippen MR) is 192 cm³/mol. The number of hydrogen-bond acceptors (Lipinski definition) is 8. The summed E-state index contributed by atoms with van der Waals surface area (Å²) < 4.78 is 91.5. The van der Waals surface area contributed by atoms with Crippen molar-refractivity contribution in [1.82, 2.24) is 30.0 Å². The molecule has 1 N–H and O–H groups in total. The number of halogens is 6. The van der Waals surface area contributed by atoms with Gasteiger partial charge in [0, 0.05) is 61.0 Å². The van der Waals surface area contributed by atoms with E-state index in [1.807, 2.05) is 25.1 Å². The largest absolute Gasteiger partial charge is 0.460 e. The van der Waals surface area contributed by atoms with Gasteiger partial charge in [-0.3, -0.25) is 14.8 Å². The molecular formula is C38H41F6N7O3. The van der Waals surface area contributed by atoms with E-state index in [1.54, 1.807) is 17.2 Å². The maximum Gasteiger partial charge on any atom is 0.411 e. The minimum atomic E-state index is -4.58. The van der Waals surface area contributed by atoms with Gasteiger partial charge in [-0.1, -0.05) is 25.3 Å². The van der Waals surface area contributed by atoms with E-state index in [-0.39, 0.29) is 30.4 Å². The molecule has 0 radical (unpaired) electrons. The number of carbonyl (C=O) groups excluding carboxylic acids is 1. The van der Waals surface area contributed by atoms with Crippen LogP contribution in [-0.4, -0.2) is 107 Å². The number of alkyl halides is 6. The zero-order valence-corrected chi connectivity index (χ0v) is 29.8. The van der Waals surface area contributed by atoms with Crippen LogP contribution in [0.2, 0.25) is 0 Å². The summed E-state index contributed by atoms with van der Waals surface area (Å²) in [6.45, 7) is 9.36. The summed E-state index contributed by atoms with van der Waals surface area (Å²) in [5.41, 5.74) is 4.17. The number of aryl methyl sites for hydroxylation is 1. The Balaban J connectivity index is 1.33. The van der Waals surface area contributed by atoms with Gasteiger partial charge in [-0.25, -0.2) is 0 Å². The molecule has 288 valence electrons. The van der Waals surface area contributed by atoms with Crippen molar-refractivity contribution in [2.75, 3.05) is 57.3 Å². The molecule has 2 aromatic carbocycles. The van der Waals surface area contributed by atoms with Crippen LogP contribution in [0.25, 0.3) is 39.0 Å². The van der Waals surface area contributed by atoms with Crippen molar-refractivity contribution >= 4 is 39.6 Å². The molecule has 5 heterocycles. The Morgan fingerprint density at radius 2 is 1.72 bits per heavy atom. The third kappa shape index (κ3) is 7.76. The second-order valence-corrected chi connectivity index (χ2v) is 14.5. The summed E-state index contributed by atoms with van der Waals surface area (Å²) in [6, 6.07) is 5.63. The summed E-state index contributed by atoms with van der Waals surface area (Å²) in [7, 11) is 0. The van der Waals surface area contributed by atoms with Crippen molar-refractivity contribution in [3.63, 3.8) is 0 Å². The monoisotopic (exact) mass is 757 g/mol. The number of rotatable bonds is 10. The Morgan fingerprint density at radius 1 is 1.00 bits per heavy atom. The number of amides is 1. The van der Waals surface area contributed by atoms with E-state index in [9.17, 15) is 31.1 Å². The van der Waals surface area contributed by atoms with E-state index in [2.05, 4.69) is 28.3 Å². The molecule has 1 amide bonds. The van der Waals surface area contributed by atoms with E-state index in [4.69, 9.17) is 19.4 Å². The fourth-order valence-electron chi connectivity index (χ4n) is 8.08. The molecule has 7 rings (SSSR count). The average Bonchev–Trinajstić information content (AvgIpc) is 3.59.